The minimum Gasteiger partial charge on any atom is -0.376 e. The van der Waals surface area contributed by atoms with Crippen LogP contribution >= 0.6 is 24.0 Å². The number of halogens is 3. The Hall–Kier alpha value is -1.74. The molecule has 0 saturated carbocycles. The summed E-state index contributed by atoms with van der Waals surface area (Å²) in [5, 5.41) is 3.32. The lowest BCUT2D eigenvalue weighted by molar-refractivity contribution is 0.0907. The molecule has 2 aromatic carbocycles. The van der Waals surface area contributed by atoms with Crippen LogP contribution in [0.1, 0.15) is 24.5 Å². The van der Waals surface area contributed by atoms with Crippen molar-refractivity contribution in [3.63, 3.8) is 0 Å². The van der Waals surface area contributed by atoms with Gasteiger partial charge in [0.1, 0.15) is 11.6 Å². The second-order valence-corrected chi connectivity index (χ2v) is 7.36. The molecular weight excluding hydrogens is 499 g/mol. The van der Waals surface area contributed by atoms with Crippen molar-refractivity contribution >= 4 is 29.9 Å². The molecule has 30 heavy (non-hydrogen) atoms. The van der Waals surface area contributed by atoms with E-state index >= 15 is 0 Å². The van der Waals surface area contributed by atoms with Crippen LogP contribution in [0.5, 0.6) is 0 Å². The summed E-state index contributed by atoms with van der Waals surface area (Å²) in [7, 11) is 0. The van der Waals surface area contributed by atoms with Crippen LogP contribution in [0.3, 0.4) is 0 Å². The van der Waals surface area contributed by atoms with Crippen LogP contribution in [0.25, 0.3) is 0 Å². The van der Waals surface area contributed by atoms with E-state index < -0.39 is 11.6 Å². The first kappa shape index (κ1) is 24.5. The van der Waals surface area contributed by atoms with E-state index in [1.54, 1.807) is 0 Å². The molecule has 0 radical (unpaired) electrons. The van der Waals surface area contributed by atoms with Gasteiger partial charge in [-0.2, -0.15) is 0 Å². The molecule has 1 unspecified atom stereocenters. The molecule has 1 N–H and O–H groups in total. The highest BCUT2D eigenvalue weighted by Crippen LogP contribution is 2.17. The Morgan fingerprint density at radius 3 is 2.57 bits per heavy atom. The molecule has 164 valence electrons. The number of rotatable bonds is 8. The van der Waals surface area contributed by atoms with E-state index in [-0.39, 0.29) is 24.0 Å². The van der Waals surface area contributed by atoms with Crippen molar-refractivity contribution in [2.75, 3.05) is 32.8 Å². The maximum atomic E-state index is 13.3. The summed E-state index contributed by atoms with van der Waals surface area (Å²) in [5.41, 5.74) is 1.81. The number of nitrogens with one attached hydrogen (secondary N) is 1. The largest absolute Gasteiger partial charge is 0.376 e. The zero-order valence-electron chi connectivity index (χ0n) is 17.3. The molecule has 4 nitrogen and oxygen atoms in total. The molecule has 0 spiro atoms. The van der Waals surface area contributed by atoms with E-state index in [0.717, 1.165) is 44.7 Å². The minimum absolute atomic E-state index is 0. The maximum absolute atomic E-state index is 13.3. The molecule has 1 aliphatic rings. The Morgan fingerprint density at radius 2 is 1.87 bits per heavy atom. The Morgan fingerprint density at radius 1 is 1.13 bits per heavy atom. The molecule has 1 atom stereocenters. The average Bonchev–Trinajstić information content (AvgIpc) is 3.16. The number of hydrogen-bond acceptors (Lipinski definition) is 2. The third-order valence-corrected chi connectivity index (χ3v) is 4.97. The number of nitrogens with zero attached hydrogens (tertiary/aromatic N) is 2. The highest BCUT2D eigenvalue weighted by atomic mass is 127. The first-order valence-electron chi connectivity index (χ1n) is 10.2. The molecule has 1 aliphatic heterocycles. The fraction of sp³-hybridized carbons (Fsp3) is 0.435. The predicted octanol–water partition coefficient (Wildman–Crippen LogP) is 4.63. The van der Waals surface area contributed by atoms with Crippen molar-refractivity contribution in [1.29, 1.82) is 0 Å². The first-order chi connectivity index (χ1) is 14.1. The van der Waals surface area contributed by atoms with Crippen LogP contribution in [0, 0.1) is 17.6 Å². The number of aliphatic imine (C=N–C) groups is 1. The SMILES string of the molecule is CCNC(=NCCc1cc(F)cc(F)c1)N1CCC(COCc2ccccc2)C1.I. The molecular formula is C23H30F2IN3O. The lowest BCUT2D eigenvalue weighted by Gasteiger charge is -2.21. The summed E-state index contributed by atoms with van der Waals surface area (Å²) < 4.78 is 32.5. The van der Waals surface area contributed by atoms with Gasteiger partial charge in [0, 0.05) is 38.2 Å². The first-order valence-corrected chi connectivity index (χ1v) is 10.2. The number of ether oxygens (including phenoxy) is 1. The van der Waals surface area contributed by atoms with E-state index in [4.69, 9.17) is 4.74 Å². The number of benzene rings is 2. The molecule has 0 aromatic heterocycles. The summed E-state index contributed by atoms with van der Waals surface area (Å²) in [6.07, 6.45) is 1.56. The van der Waals surface area contributed by atoms with Gasteiger partial charge in [-0.15, -0.1) is 24.0 Å². The lowest BCUT2D eigenvalue weighted by Crippen LogP contribution is -2.40. The van der Waals surface area contributed by atoms with Crippen LogP contribution in [0.15, 0.2) is 53.5 Å². The molecule has 0 aliphatic carbocycles. The Kier molecular flexibility index (Phi) is 10.5. The van der Waals surface area contributed by atoms with Crippen LogP contribution in [0.2, 0.25) is 0 Å². The Labute approximate surface area is 194 Å². The van der Waals surface area contributed by atoms with Crippen molar-refractivity contribution in [3.8, 4) is 0 Å². The van der Waals surface area contributed by atoms with Gasteiger partial charge in [-0.3, -0.25) is 4.99 Å². The lowest BCUT2D eigenvalue weighted by atomic mass is 10.1. The van der Waals surface area contributed by atoms with Gasteiger partial charge in [0.2, 0.25) is 0 Å². The molecule has 2 aromatic rings. The molecule has 1 fully saturated rings. The summed E-state index contributed by atoms with van der Waals surface area (Å²) in [5.74, 6) is 0.234. The molecule has 1 heterocycles. The third kappa shape index (κ3) is 7.83. The summed E-state index contributed by atoms with van der Waals surface area (Å²) in [4.78, 5) is 6.90. The van der Waals surface area contributed by atoms with Gasteiger partial charge in [-0.1, -0.05) is 30.3 Å². The van der Waals surface area contributed by atoms with E-state index in [1.165, 1.54) is 17.7 Å². The van der Waals surface area contributed by atoms with Crippen molar-refractivity contribution in [1.82, 2.24) is 10.2 Å². The highest BCUT2D eigenvalue weighted by Gasteiger charge is 2.25. The number of guanidine groups is 1. The van der Waals surface area contributed by atoms with Crippen molar-refractivity contribution in [2.45, 2.75) is 26.4 Å². The number of hydrogen-bond donors (Lipinski definition) is 1. The average molecular weight is 529 g/mol. The summed E-state index contributed by atoms with van der Waals surface area (Å²) in [6.45, 7) is 6.49. The monoisotopic (exact) mass is 529 g/mol. The zero-order chi connectivity index (χ0) is 20.5. The van der Waals surface area contributed by atoms with Gasteiger partial charge in [0.15, 0.2) is 5.96 Å². The van der Waals surface area contributed by atoms with Gasteiger partial charge < -0.3 is 15.0 Å². The zero-order valence-corrected chi connectivity index (χ0v) is 19.7. The third-order valence-electron chi connectivity index (χ3n) is 4.97. The molecule has 1 saturated heterocycles. The molecule has 0 bridgehead atoms. The highest BCUT2D eigenvalue weighted by molar-refractivity contribution is 14.0. The topological polar surface area (TPSA) is 36.9 Å². The van der Waals surface area contributed by atoms with E-state index in [1.807, 2.05) is 25.1 Å². The van der Waals surface area contributed by atoms with Crippen LogP contribution in [-0.4, -0.2) is 43.6 Å². The quantitative estimate of drug-likeness (QED) is 0.308. The van der Waals surface area contributed by atoms with Gasteiger partial charge in [-0.05, 0) is 43.0 Å². The maximum Gasteiger partial charge on any atom is 0.193 e. The minimum atomic E-state index is -0.547. The van der Waals surface area contributed by atoms with E-state index in [2.05, 4.69) is 27.3 Å². The fourth-order valence-corrected chi connectivity index (χ4v) is 3.55. The van der Waals surface area contributed by atoms with E-state index in [9.17, 15) is 8.78 Å². The standard InChI is InChI=1S/C23H29F2N3O.HI/c1-2-26-23(27-10-8-19-12-21(24)14-22(25)13-19)28-11-9-20(15-28)17-29-16-18-6-4-3-5-7-18;/h3-7,12-14,20H,2,8-11,15-17H2,1H3,(H,26,27);1H. The Balaban J connectivity index is 0.00000320. The van der Waals surface area contributed by atoms with Crippen LogP contribution in [-0.2, 0) is 17.8 Å². The van der Waals surface area contributed by atoms with E-state index in [0.29, 0.717) is 31.1 Å². The van der Waals surface area contributed by atoms with Gasteiger partial charge in [0.25, 0.3) is 0 Å². The van der Waals surface area contributed by atoms with Crippen LogP contribution < -0.4 is 5.32 Å². The summed E-state index contributed by atoms with van der Waals surface area (Å²) in [6, 6.07) is 13.8. The van der Waals surface area contributed by atoms with Crippen molar-refractivity contribution in [2.24, 2.45) is 10.9 Å². The second-order valence-electron chi connectivity index (χ2n) is 7.36. The molecule has 0 amide bonds. The second kappa shape index (κ2) is 12.8. The van der Waals surface area contributed by atoms with Gasteiger partial charge >= 0.3 is 0 Å². The van der Waals surface area contributed by atoms with Crippen LogP contribution in [0.4, 0.5) is 8.78 Å². The predicted molar refractivity (Wildman–Crippen MR) is 127 cm³/mol. The molecule has 3 rings (SSSR count). The van der Waals surface area contributed by atoms with Gasteiger partial charge in [-0.25, -0.2) is 8.78 Å². The van der Waals surface area contributed by atoms with Crippen molar-refractivity contribution < 1.29 is 13.5 Å². The van der Waals surface area contributed by atoms with Gasteiger partial charge in [0.05, 0.1) is 13.2 Å². The molecule has 7 heteroatoms. The number of likely N-dealkylation sites (tertiary alicyclic amines) is 1. The summed E-state index contributed by atoms with van der Waals surface area (Å²) >= 11 is 0. The van der Waals surface area contributed by atoms with Crippen molar-refractivity contribution in [3.05, 3.63) is 71.3 Å². The fourth-order valence-electron chi connectivity index (χ4n) is 3.55. The smallest absolute Gasteiger partial charge is 0.193 e. The Bertz CT molecular complexity index is 784. The normalized spacial score (nSPS) is 16.4.